The second-order valence-corrected chi connectivity index (χ2v) is 4.99. The van der Waals surface area contributed by atoms with E-state index >= 15 is 0 Å². The first-order valence-corrected chi connectivity index (χ1v) is 6.70. The molecule has 2 unspecified atom stereocenters. The SMILES string of the molecule is N#CC(C(=O)C1CCCOC1)c1ccc2c(c1)OCO2. The zero-order valence-electron chi connectivity index (χ0n) is 11.0. The molecule has 0 aliphatic carbocycles. The Morgan fingerprint density at radius 3 is 2.95 bits per heavy atom. The molecule has 2 aliphatic heterocycles. The van der Waals surface area contributed by atoms with Gasteiger partial charge in [0, 0.05) is 12.5 Å². The number of ether oxygens (including phenoxy) is 3. The molecule has 0 spiro atoms. The van der Waals surface area contributed by atoms with Crippen molar-refractivity contribution in [2.75, 3.05) is 20.0 Å². The molecule has 0 radical (unpaired) electrons. The number of fused-ring (bicyclic) bond motifs is 1. The van der Waals surface area contributed by atoms with Crippen LogP contribution >= 0.6 is 0 Å². The van der Waals surface area contributed by atoms with Gasteiger partial charge in [-0.15, -0.1) is 0 Å². The van der Waals surface area contributed by atoms with Gasteiger partial charge in [-0.25, -0.2) is 0 Å². The molecule has 0 amide bonds. The number of carbonyl (C=O) groups excluding carboxylic acids is 1. The highest BCUT2D eigenvalue weighted by atomic mass is 16.7. The van der Waals surface area contributed by atoms with E-state index in [0.29, 0.717) is 30.3 Å². The van der Waals surface area contributed by atoms with E-state index in [2.05, 4.69) is 6.07 Å². The van der Waals surface area contributed by atoms with E-state index in [1.807, 2.05) is 0 Å². The van der Waals surface area contributed by atoms with Crippen LogP contribution in [0.25, 0.3) is 0 Å². The number of Topliss-reactive ketones (excluding diaryl/α,β-unsaturated/α-hetero) is 1. The molecule has 5 nitrogen and oxygen atoms in total. The number of ketones is 1. The van der Waals surface area contributed by atoms with Crippen LogP contribution in [0.15, 0.2) is 18.2 Å². The van der Waals surface area contributed by atoms with Crippen molar-refractivity contribution in [3.8, 4) is 17.6 Å². The summed E-state index contributed by atoms with van der Waals surface area (Å²) in [7, 11) is 0. The van der Waals surface area contributed by atoms with Gasteiger partial charge in [0.15, 0.2) is 17.3 Å². The summed E-state index contributed by atoms with van der Waals surface area (Å²) in [6.07, 6.45) is 1.66. The molecule has 5 heteroatoms. The van der Waals surface area contributed by atoms with Crippen molar-refractivity contribution >= 4 is 5.78 Å². The van der Waals surface area contributed by atoms with Gasteiger partial charge in [-0.3, -0.25) is 4.79 Å². The molecule has 1 aromatic rings. The lowest BCUT2D eigenvalue weighted by molar-refractivity contribution is -0.127. The maximum absolute atomic E-state index is 12.5. The number of hydrogen-bond donors (Lipinski definition) is 0. The maximum Gasteiger partial charge on any atom is 0.231 e. The van der Waals surface area contributed by atoms with Gasteiger partial charge < -0.3 is 14.2 Å². The van der Waals surface area contributed by atoms with Crippen LogP contribution < -0.4 is 9.47 Å². The molecule has 2 atom stereocenters. The fourth-order valence-corrected chi connectivity index (χ4v) is 2.60. The Hall–Kier alpha value is -2.06. The second-order valence-electron chi connectivity index (χ2n) is 4.99. The van der Waals surface area contributed by atoms with Crippen LogP contribution in [-0.2, 0) is 9.53 Å². The van der Waals surface area contributed by atoms with Gasteiger partial charge >= 0.3 is 0 Å². The predicted molar refractivity (Wildman–Crippen MR) is 69.5 cm³/mol. The summed E-state index contributed by atoms with van der Waals surface area (Å²) in [4.78, 5) is 12.5. The van der Waals surface area contributed by atoms with Crippen molar-refractivity contribution in [2.45, 2.75) is 18.8 Å². The van der Waals surface area contributed by atoms with Crippen LogP contribution in [0.2, 0.25) is 0 Å². The summed E-state index contributed by atoms with van der Waals surface area (Å²) in [6, 6.07) is 7.32. The van der Waals surface area contributed by atoms with Crippen molar-refractivity contribution in [1.29, 1.82) is 5.26 Å². The average Bonchev–Trinajstić information content (AvgIpc) is 2.96. The summed E-state index contributed by atoms with van der Waals surface area (Å²) in [5.41, 5.74) is 0.660. The van der Waals surface area contributed by atoms with E-state index in [-0.39, 0.29) is 18.5 Å². The van der Waals surface area contributed by atoms with Crippen LogP contribution in [0.5, 0.6) is 11.5 Å². The van der Waals surface area contributed by atoms with Gasteiger partial charge in [-0.05, 0) is 30.5 Å². The summed E-state index contributed by atoms with van der Waals surface area (Å²) in [5, 5.41) is 9.35. The highest BCUT2D eigenvalue weighted by Gasteiger charge is 2.30. The third-order valence-electron chi connectivity index (χ3n) is 3.71. The third-order valence-corrected chi connectivity index (χ3v) is 3.71. The predicted octanol–water partition coefficient (Wildman–Crippen LogP) is 2.02. The first-order chi connectivity index (χ1) is 9.79. The number of nitriles is 1. The Kier molecular flexibility index (Phi) is 3.57. The lowest BCUT2D eigenvalue weighted by Gasteiger charge is -2.22. The Morgan fingerprint density at radius 2 is 2.20 bits per heavy atom. The minimum Gasteiger partial charge on any atom is -0.454 e. The summed E-state index contributed by atoms with van der Waals surface area (Å²) in [5.74, 6) is 0.232. The van der Waals surface area contributed by atoms with E-state index < -0.39 is 5.92 Å². The molecular weight excluding hydrogens is 258 g/mol. The molecule has 104 valence electrons. The fourth-order valence-electron chi connectivity index (χ4n) is 2.60. The molecule has 0 bridgehead atoms. The molecule has 0 N–H and O–H groups in total. The summed E-state index contributed by atoms with van der Waals surface area (Å²) in [6.45, 7) is 1.30. The van der Waals surface area contributed by atoms with Crippen LogP contribution in [0.4, 0.5) is 0 Å². The van der Waals surface area contributed by atoms with Gasteiger partial charge in [0.25, 0.3) is 0 Å². The Morgan fingerprint density at radius 1 is 1.35 bits per heavy atom. The molecule has 1 aromatic carbocycles. The highest BCUT2D eigenvalue weighted by molar-refractivity contribution is 5.90. The van der Waals surface area contributed by atoms with Crippen molar-refractivity contribution in [3.63, 3.8) is 0 Å². The topological polar surface area (TPSA) is 68.6 Å². The minimum absolute atomic E-state index is 0.0638. The number of rotatable bonds is 3. The number of carbonyl (C=O) groups is 1. The van der Waals surface area contributed by atoms with Crippen LogP contribution in [0, 0.1) is 17.2 Å². The van der Waals surface area contributed by atoms with Crippen molar-refractivity contribution < 1.29 is 19.0 Å². The minimum atomic E-state index is -0.767. The largest absolute Gasteiger partial charge is 0.454 e. The summed E-state index contributed by atoms with van der Waals surface area (Å²) < 4.78 is 15.9. The zero-order chi connectivity index (χ0) is 13.9. The van der Waals surface area contributed by atoms with Crippen LogP contribution in [-0.4, -0.2) is 25.8 Å². The second kappa shape index (κ2) is 5.51. The van der Waals surface area contributed by atoms with Gasteiger partial charge in [-0.2, -0.15) is 5.26 Å². The van der Waals surface area contributed by atoms with E-state index in [1.54, 1.807) is 18.2 Å². The van der Waals surface area contributed by atoms with Gasteiger partial charge in [0.1, 0.15) is 5.92 Å². The zero-order valence-corrected chi connectivity index (χ0v) is 11.0. The molecule has 1 saturated heterocycles. The molecular formula is C15H15NO4. The standard InChI is InChI=1S/C15H15NO4/c16-7-12(15(17)11-2-1-5-18-8-11)10-3-4-13-14(6-10)20-9-19-13/h3-4,6,11-12H,1-2,5,8-9H2. The van der Waals surface area contributed by atoms with Crippen molar-refractivity contribution in [1.82, 2.24) is 0 Å². The Balaban J connectivity index is 1.82. The number of nitrogens with zero attached hydrogens (tertiary/aromatic N) is 1. The van der Waals surface area contributed by atoms with Gasteiger partial charge in [0.05, 0.1) is 12.7 Å². The Labute approximate surface area is 117 Å². The van der Waals surface area contributed by atoms with Gasteiger partial charge in [0.2, 0.25) is 6.79 Å². The van der Waals surface area contributed by atoms with Gasteiger partial charge in [-0.1, -0.05) is 6.07 Å². The number of benzene rings is 1. The van der Waals surface area contributed by atoms with Crippen molar-refractivity contribution in [2.24, 2.45) is 5.92 Å². The van der Waals surface area contributed by atoms with E-state index in [1.165, 1.54) is 0 Å². The fraction of sp³-hybridized carbons (Fsp3) is 0.467. The molecule has 1 fully saturated rings. The Bertz CT molecular complexity index is 557. The number of hydrogen-bond acceptors (Lipinski definition) is 5. The smallest absolute Gasteiger partial charge is 0.231 e. The normalized spacial score (nSPS) is 22.1. The van der Waals surface area contributed by atoms with Crippen LogP contribution in [0.1, 0.15) is 24.3 Å². The quantitative estimate of drug-likeness (QED) is 0.842. The molecule has 0 saturated carbocycles. The molecule has 2 aliphatic rings. The van der Waals surface area contributed by atoms with E-state index in [9.17, 15) is 10.1 Å². The summed E-state index contributed by atoms with van der Waals surface area (Å²) >= 11 is 0. The molecule has 20 heavy (non-hydrogen) atoms. The molecule has 0 aromatic heterocycles. The lowest BCUT2D eigenvalue weighted by Crippen LogP contribution is -2.29. The average molecular weight is 273 g/mol. The monoisotopic (exact) mass is 273 g/mol. The first-order valence-electron chi connectivity index (χ1n) is 6.70. The molecule has 2 heterocycles. The third kappa shape index (κ3) is 2.35. The van der Waals surface area contributed by atoms with Crippen LogP contribution in [0.3, 0.4) is 0 Å². The van der Waals surface area contributed by atoms with Crippen molar-refractivity contribution in [3.05, 3.63) is 23.8 Å². The maximum atomic E-state index is 12.5. The first kappa shape index (κ1) is 12.9. The molecule has 3 rings (SSSR count). The highest BCUT2D eigenvalue weighted by Crippen LogP contribution is 2.35. The lowest BCUT2D eigenvalue weighted by atomic mass is 9.85. The van der Waals surface area contributed by atoms with E-state index in [4.69, 9.17) is 14.2 Å². The van der Waals surface area contributed by atoms with E-state index in [0.717, 1.165) is 12.8 Å².